The Kier molecular flexibility index (Phi) is 5.78. The van der Waals surface area contributed by atoms with Crippen molar-refractivity contribution in [1.82, 2.24) is 4.90 Å². The third-order valence-corrected chi connectivity index (χ3v) is 2.82. The number of carbonyl (C=O) groups excluding carboxylic acids is 1. The molecular weight excluding hydrogens is 254 g/mol. The van der Waals surface area contributed by atoms with Crippen molar-refractivity contribution in [2.75, 3.05) is 33.2 Å². The summed E-state index contributed by atoms with van der Waals surface area (Å²) in [6.45, 7) is 3.08. The smallest absolute Gasteiger partial charge is 0.254 e. The summed E-state index contributed by atoms with van der Waals surface area (Å²) >= 11 is 5.67. The maximum atomic E-state index is 12.2. The number of alkyl halides is 1. The summed E-state index contributed by atoms with van der Waals surface area (Å²) in [7, 11) is 3.10. The summed E-state index contributed by atoms with van der Waals surface area (Å²) in [6.07, 6.45) is 0. The third kappa shape index (κ3) is 3.29. The average Bonchev–Trinajstić information content (AvgIpc) is 2.43. The van der Waals surface area contributed by atoms with Gasteiger partial charge in [0.2, 0.25) is 0 Å². The van der Waals surface area contributed by atoms with Gasteiger partial charge in [0.25, 0.3) is 5.91 Å². The van der Waals surface area contributed by atoms with Crippen LogP contribution in [0.5, 0.6) is 11.5 Å². The van der Waals surface area contributed by atoms with Crippen LogP contribution in [0, 0.1) is 0 Å². The standard InChI is InChI=1S/C13H18ClNO3/c1-4-15(8-7-14)13(16)10-5-6-11(17-2)12(9-10)18-3/h5-6,9H,4,7-8H2,1-3H3. The topological polar surface area (TPSA) is 38.8 Å². The lowest BCUT2D eigenvalue weighted by atomic mass is 10.1. The Bertz CT molecular complexity index is 409. The largest absolute Gasteiger partial charge is 0.493 e. The van der Waals surface area contributed by atoms with Crippen molar-refractivity contribution in [3.05, 3.63) is 23.8 Å². The van der Waals surface area contributed by atoms with E-state index in [2.05, 4.69) is 0 Å². The minimum atomic E-state index is -0.0564. The lowest BCUT2D eigenvalue weighted by molar-refractivity contribution is 0.0773. The Balaban J connectivity index is 2.98. The van der Waals surface area contributed by atoms with Crippen molar-refractivity contribution >= 4 is 17.5 Å². The van der Waals surface area contributed by atoms with Crippen molar-refractivity contribution < 1.29 is 14.3 Å². The number of hydrogen-bond acceptors (Lipinski definition) is 3. The molecule has 0 bridgehead atoms. The van der Waals surface area contributed by atoms with E-state index >= 15 is 0 Å². The second-order valence-corrected chi connectivity index (χ2v) is 4.02. The molecule has 0 aliphatic heterocycles. The van der Waals surface area contributed by atoms with Crippen LogP contribution in [0.2, 0.25) is 0 Å². The van der Waals surface area contributed by atoms with Gasteiger partial charge in [-0.25, -0.2) is 0 Å². The van der Waals surface area contributed by atoms with E-state index in [1.165, 1.54) is 0 Å². The van der Waals surface area contributed by atoms with Crippen molar-refractivity contribution in [1.29, 1.82) is 0 Å². The average molecular weight is 272 g/mol. The minimum absolute atomic E-state index is 0.0564. The van der Waals surface area contributed by atoms with Gasteiger partial charge in [-0.05, 0) is 25.1 Å². The third-order valence-electron chi connectivity index (χ3n) is 2.65. The van der Waals surface area contributed by atoms with E-state index in [4.69, 9.17) is 21.1 Å². The number of ether oxygens (including phenoxy) is 2. The summed E-state index contributed by atoms with van der Waals surface area (Å²) in [5.74, 6) is 1.52. The fourth-order valence-corrected chi connectivity index (χ4v) is 1.86. The van der Waals surface area contributed by atoms with Gasteiger partial charge in [0.15, 0.2) is 11.5 Å². The minimum Gasteiger partial charge on any atom is -0.493 e. The molecule has 0 saturated heterocycles. The molecule has 0 unspecified atom stereocenters. The number of carbonyl (C=O) groups is 1. The quantitative estimate of drug-likeness (QED) is 0.746. The van der Waals surface area contributed by atoms with Gasteiger partial charge in [0, 0.05) is 24.5 Å². The van der Waals surface area contributed by atoms with Crippen LogP contribution in [0.15, 0.2) is 18.2 Å². The Hall–Kier alpha value is -1.42. The van der Waals surface area contributed by atoms with E-state index in [0.717, 1.165) is 0 Å². The first kappa shape index (κ1) is 14.6. The van der Waals surface area contributed by atoms with Crippen molar-refractivity contribution in [3.8, 4) is 11.5 Å². The molecule has 0 fully saturated rings. The van der Waals surface area contributed by atoms with E-state index in [-0.39, 0.29) is 5.91 Å². The first-order valence-corrected chi connectivity index (χ1v) is 6.28. The van der Waals surface area contributed by atoms with Crippen LogP contribution in [-0.2, 0) is 0 Å². The van der Waals surface area contributed by atoms with Gasteiger partial charge in [0.05, 0.1) is 14.2 Å². The predicted molar refractivity (Wildman–Crippen MR) is 71.8 cm³/mol. The summed E-state index contributed by atoms with van der Waals surface area (Å²) in [5, 5.41) is 0. The Morgan fingerprint density at radius 3 is 2.44 bits per heavy atom. The van der Waals surface area contributed by atoms with Crippen LogP contribution in [0.25, 0.3) is 0 Å². The maximum Gasteiger partial charge on any atom is 0.254 e. The van der Waals surface area contributed by atoms with Crippen molar-refractivity contribution in [2.24, 2.45) is 0 Å². The fourth-order valence-electron chi connectivity index (χ4n) is 1.66. The molecule has 0 N–H and O–H groups in total. The summed E-state index contributed by atoms with van der Waals surface area (Å²) < 4.78 is 10.3. The summed E-state index contributed by atoms with van der Waals surface area (Å²) in [6, 6.07) is 5.12. The summed E-state index contributed by atoms with van der Waals surface area (Å²) in [5.41, 5.74) is 0.569. The number of amides is 1. The van der Waals surface area contributed by atoms with Gasteiger partial charge >= 0.3 is 0 Å². The highest BCUT2D eigenvalue weighted by atomic mass is 35.5. The van der Waals surface area contributed by atoms with Gasteiger partial charge in [-0.15, -0.1) is 11.6 Å². The zero-order chi connectivity index (χ0) is 13.5. The number of halogens is 1. The zero-order valence-corrected chi connectivity index (χ0v) is 11.7. The van der Waals surface area contributed by atoms with Gasteiger partial charge in [-0.2, -0.15) is 0 Å². The first-order valence-electron chi connectivity index (χ1n) is 5.75. The van der Waals surface area contributed by atoms with E-state index in [0.29, 0.717) is 36.0 Å². The number of rotatable bonds is 6. The molecule has 1 rings (SSSR count). The number of nitrogens with zero attached hydrogens (tertiary/aromatic N) is 1. The second kappa shape index (κ2) is 7.11. The van der Waals surface area contributed by atoms with E-state index in [1.54, 1.807) is 37.3 Å². The van der Waals surface area contributed by atoms with Crippen LogP contribution in [-0.4, -0.2) is 44.0 Å². The molecular formula is C13H18ClNO3. The Morgan fingerprint density at radius 1 is 1.28 bits per heavy atom. The van der Waals surface area contributed by atoms with Gasteiger partial charge in [-0.3, -0.25) is 4.79 Å². The number of benzene rings is 1. The van der Waals surface area contributed by atoms with Gasteiger partial charge in [-0.1, -0.05) is 0 Å². The molecule has 18 heavy (non-hydrogen) atoms. The van der Waals surface area contributed by atoms with E-state index < -0.39 is 0 Å². The predicted octanol–water partition coefficient (Wildman–Crippen LogP) is 2.40. The lowest BCUT2D eigenvalue weighted by Crippen LogP contribution is -2.32. The molecule has 0 heterocycles. The SMILES string of the molecule is CCN(CCCl)C(=O)c1ccc(OC)c(OC)c1. The Labute approximate surface area is 112 Å². The molecule has 0 aliphatic carbocycles. The molecule has 0 aromatic heterocycles. The molecule has 1 aromatic carbocycles. The Morgan fingerprint density at radius 2 is 1.94 bits per heavy atom. The fraction of sp³-hybridized carbons (Fsp3) is 0.462. The van der Waals surface area contributed by atoms with Crippen LogP contribution in [0.4, 0.5) is 0 Å². The lowest BCUT2D eigenvalue weighted by Gasteiger charge is -2.20. The van der Waals surface area contributed by atoms with Crippen LogP contribution in [0.1, 0.15) is 17.3 Å². The molecule has 0 aliphatic rings. The number of hydrogen-bond donors (Lipinski definition) is 0. The normalized spacial score (nSPS) is 10.0. The maximum absolute atomic E-state index is 12.2. The molecule has 100 valence electrons. The highest BCUT2D eigenvalue weighted by molar-refractivity contribution is 6.18. The zero-order valence-electron chi connectivity index (χ0n) is 10.9. The molecule has 4 nitrogen and oxygen atoms in total. The van der Waals surface area contributed by atoms with E-state index in [9.17, 15) is 4.79 Å². The molecule has 1 aromatic rings. The molecule has 0 radical (unpaired) electrons. The van der Waals surface area contributed by atoms with Crippen LogP contribution in [0.3, 0.4) is 0 Å². The molecule has 5 heteroatoms. The highest BCUT2D eigenvalue weighted by Gasteiger charge is 2.15. The molecule has 0 saturated carbocycles. The van der Waals surface area contributed by atoms with Crippen molar-refractivity contribution in [3.63, 3.8) is 0 Å². The van der Waals surface area contributed by atoms with Crippen LogP contribution >= 0.6 is 11.6 Å². The summed E-state index contributed by atoms with van der Waals surface area (Å²) in [4.78, 5) is 13.9. The van der Waals surface area contributed by atoms with Crippen molar-refractivity contribution in [2.45, 2.75) is 6.92 Å². The molecule has 1 amide bonds. The van der Waals surface area contributed by atoms with Gasteiger partial charge < -0.3 is 14.4 Å². The monoisotopic (exact) mass is 271 g/mol. The van der Waals surface area contributed by atoms with Crippen LogP contribution < -0.4 is 9.47 Å². The van der Waals surface area contributed by atoms with E-state index in [1.807, 2.05) is 6.92 Å². The second-order valence-electron chi connectivity index (χ2n) is 3.64. The van der Waals surface area contributed by atoms with Gasteiger partial charge in [0.1, 0.15) is 0 Å². The first-order chi connectivity index (χ1) is 8.67. The highest BCUT2D eigenvalue weighted by Crippen LogP contribution is 2.27. The molecule has 0 spiro atoms. The number of methoxy groups -OCH3 is 2. The molecule has 0 atom stereocenters.